The summed E-state index contributed by atoms with van der Waals surface area (Å²) in [6.45, 7) is 4.44. The fourth-order valence-corrected chi connectivity index (χ4v) is 4.55. The maximum Gasteiger partial charge on any atom is 0.247 e. The molecule has 1 aliphatic rings. The number of anilines is 1. The van der Waals surface area contributed by atoms with E-state index in [1.54, 1.807) is 36.4 Å². The molecule has 0 saturated carbocycles. The fourth-order valence-electron chi connectivity index (χ4n) is 3.46. The van der Waals surface area contributed by atoms with E-state index >= 15 is 0 Å². The standard InChI is InChI=1S/C25H21N3O3S/c1-3-31-20-11-9-19(10-12-20)28-23(29)14-22(25(28)30)32-24-18(15-26)8-13-21(27-24)17-6-4-16(2)5-7-17/h4-13,22H,3,14H2,1-2H3. The molecule has 0 aliphatic carbocycles. The Labute approximate surface area is 190 Å². The zero-order chi connectivity index (χ0) is 22.7. The van der Waals surface area contributed by atoms with Crippen molar-refractivity contribution in [3.63, 3.8) is 0 Å². The number of aromatic nitrogens is 1. The van der Waals surface area contributed by atoms with Gasteiger partial charge in [-0.1, -0.05) is 41.6 Å². The third kappa shape index (κ3) is 4.36. The molecule has 0 N–H and O–H groups in total. The van der Waals surface area contributed by atoms with Gasteiger partial charge in [-0.25, -0.2) is 9.88 Å². The number of nitrogens with zero attached hydrogens (tertiary/aromatic N) is 3. The number of ether oxygens (including phenoxy) is 1. The Morgan fingerprint density at radius 3 is 2.47 bits per heavy atom. The molecule has 32 heavy (non-hydrogen) atoms. The molecular formula is C25H21N3O3S. The lowest BCUT2D eigenvalue weighted by molar-refractivity contribution is -0.121. The molecule has 1 saturated heterocycles. The number of nitriles is 1. The zero-order valence-electron chi connectivity index (χ0n) is 17.7. The molecule has 0 spiro atoms. The van der Waals surface area contributed by atoms with Gasteiger partial charge in [0.1, 0.15) is 16.8 Å². The SMILES string of the molecule is CCOc1ccc(N2C(=O)CC(Sc3nc(-c4ccc(C)cc4)ccc3C#N)C2=O)cc1. The summed E-state index contributed by atoms with van der Waals surface area (Å²) in [6, 6.07) is 20.4. The minimum Gasteiger partial charge on any atom is -0.494 e. The summed E-state index contributed by atoms with van der Waals surface area (Å²) >= 11 is 1.17. The minimum atomic E-state index is -0.637. The van der Waals surface area contributed by atoms with Crippen molar-refractivity contribution in [1.29, 1.82) is 5.26 Å². The molecule has 3 aromatic rings. The number of amides is 2. The largest absolute Gasteiger partial charge is 0.494 e. The maximum absolute atomic E-state index is 13.1. The van der Waals surface area contributed by atoms with Crippen molar-refractivity contribution in [3.8, 4) is 23.1 Å². The van der Waals surface area contributed by atoms with Gasteiger partial charge in [-0.3, -0.25) is 9.59 Å². The summed E-state index contributed by atoms with van der Waals surface area (Å²) in [5.41, 5.74) is 3.67. The van der Waals surface area contributed by atoms with E-state index in [0.29, 0.717) is 34.3 Å². The van der Waals surface area contributed by atoms with Crippen LogP contribution in [0.25, 0.3) is 11.3 Å². The van der Waals surface area contributed by atoms with Crippen LogP contribution in [-0.4, -0.2) is 28.7 Å². The molecule has 2 aromatic carbocycles. The van der Waals surface area contributed by atoms with Crippen LogP contribution in [-0.2, 0) is 9.59 Å². The van der Waals surface area contributed by atoms with E-state index in [1.807, 2.05) is 38.1 Å². The topological polar surface area (TPSA) is 83.3 Å². The lowest BCUT2D eigenvalue weighted by atomic mass is 10.1. The third-order valence-corrected chi connectivity index (χ3v) is 6.28. The van der Waals surface area contributed by atoms with Crippen molar-refractivity contribution >= 4 is 29.3 Å². The molecule has 7 heteroatoms. The number of aryl methyl sites for hydroxylation is 1. The van der Waals surface area contributed by atoms with Crippen LogP contribution in [0.2, 0.25) is 0 Å². The molecular weight excluding hydrogens is 422 g/mol. The highest BCUT2D eigenvalue weighted by atomic mass is 32.2. The molecule has 1 unspecified atom stereocenters. The van der Waals surface area contributed by atoms with Crippen molar-refractivity contribution in [2.75, 3.05) is 11.5 Å². The monoisotopic (exact) mass is 443 g/mol. The van der Waals surface area contributed by atoms with E-state index in [-0.39, 0.29) is 18.2 Å². The Hall–Kier alpha value is -3.63. The molecule has 1 aromatic heterocycles. The normalized spacial score (nSPS) is 15.7. The number of carbonyl (C=O) groups excluding carboxylic acids is 2. The van der Waals surface area contributed by atoms with Gasteiger partial charge >= 0.3 is 0 Å². The summed E-state index contributed by atoms with van der Waals surface area (Å²) < 4.78 is 5.43. The van der Waals surface area contributed by atoms with E-state index in [2.05, 4.69) is 11.1 Å². The quantitative estimate of drug-likeness (QED) is 0.511. The Morgan fingerprint density at radius 1 is 1.09 bits per heavy atom. The average Bonchev–Trinajstić information content (AvgIpc) is 3.08. The first-order chi connectivity index (χ1) is 15.5. The highest BCUT2D eigenvalue weighted by Gasteiger charge is 2.40. The Balaban J connectivity index is 1.58. The Morgan fingerprint density at radius 2 is 1.81 bits per heavy atom. The fraction of sp³-hybridized carbons (Fsp3) is 0.200. The first kappa shape index (κ1) is 21.6. The molecule has 1 fully saturated rings. The van der Waals surface area contributed by atoms with Crippen LogP contribution in [0.15, 0.2) is 65.7 Å². The highest BCUT2D eigenvalue weighted by Crippen LogP contribution is 2.36. The predicted molar refractivity (Wildman–Crippen MR) is 123 cm³/mol. The number of rotatable bonds is 6. The van der Waals surface area contributed by atoms with Gasteiger partial charge in [0, 0.05) is 12.0 Å². The van der Waals surface area contributed by atoms with E-state index in [4.69, 9.17) is 4.74 Å². The van der Waals surface area contributed by atoms with Crippen molar-refractivity contribution in [2.24, 2.45) is 0 Å². The lowest BCUT2D eigenvalue weighted by Gasteiger charge is -2.15. The van der Waals surface area contributed by atoms with Crippen LogP contribution < -0.4 is 9.64 Å². The molecule has 0 bridgehead atoms. The van der Waals surface area contributed by atoms with E-state index in [0.717, 1.165) is 11.1 Å². The second kappa shape index (κ2) is 9.25. The number of benzene rings is 2. The van der Waals surface area contributed by atoms with Crippen molar-refractivity contribution in [1.82, 2.24) is 4.98 Å². The lowest BCUT2D eigenvalue weighted by Crippen LogP contribution is -2.31. The van der Waals surface area contributed by atoms with Gasteiger partial charge in [0.15, 0.2) is 0 Å². The second-order valence-corrected chi connectivity index (χ2v) is 8.52. The van der Waals surface area contributed by atoms with Gasteiger partial charge in [-0.05, 0) is 50.2 Å². The summed E-state index contributed by atoms with van der Waals surface area (Å²) in [6.07, 6.45) is 0.0536. The molecule has 2 heterocycles. The van der Waals surface area contributed by atoms with Crippen LogP contribution >= 0.6 is 11.8 Å². The predicted octanol–water partition coefficient (Wildman–Crippen LogP) is 4.75. The number of imide groups is 1. The van der Waals surface area contributed by atoms with Gasteiger partial charge in [-0.15, -0.1) is 0 Å². The molecule has 4 rings (SSSR count). The minimum absolute atomic E-state index is 0.0536. The van der Waals surface area contributed by atoms with E-state index in [9.17, 15) is 14.9 Å². The van der Waals surface area contributed by atoms with Gasteiger partial charge in [0.05, 0.1) is 28.8 Å². The van der Waals surface area contributed by atoms with E-state index in [1.165, 1.54) is 16.7 Å². The average molecular weight is 444 g/mol. The van der Waals surface area contributed by atoms with Crippen LogP contribution in [0.3, 0.4) is 0 Å². The number of thioether (sulfide) groups is 1. The number of carbonyl (C=O) groups is 2. The van der Waals surface area contributed by atoms with Crippen LogP contribution in [0.4, 0.5) is 5.69 Å². The van der Waals surface area contributed by atoms with Gasteiger partial charge in [0.25, 0.3) is 0 Å². The van der Waals surface area contributed by atoms with Crippen LogP contribution in [0.1, 0.15) is 24.5 Å². The molecule has 2 amide bonds. The third-order valence-electron chi connectivity index (χ3n) is 5.09. The van der Waals surface area contributed by atoms with Crippen molar-refractivity contribution in [3.05, 3.63) is 71.8 Å². The first-order valence-electron chi connectivity index (χ1n) is 10.2. The Bertz CT molecular complexity index is 1200. The summed E-state index contributed by atoms with van der Waals surface area (Å²) in [5.74, 6) is 0.0949. The number of pyridine rings is 1. The summed E-state index contributed by atoms with van der Waals surface area (Å²) in [5, 5.41) is 9.34. The molecule has 1 atom stereocenters. The molecule has 6 nitrogen and oxygen atoms in total. The maximum atomic E-state index is 13.1. The molecule has 160 valence electrons. The summed E-state index contributed by atoms with van der Waals surface area (Å²) in [4.78, 5) is 31.5. The molecule has 1 aliphatic heterocycles. The number of hydrogen-bond acceptors (Lipinski definition) is 6. The highest BCUT2D eigenvalue weighted by molar-refractivity contribution is 8.00. The smallest absolute Gasteiger partial charge is 0.247 e. The van der Waals surface area contributed by atoms with Gasteiger partial charge in [-0.2, -0.15) is 5.26 Å². The van der Waals surface area contributed by atoms with E-state index < -0.39 is 5.25 Å². The van der Waals surface area contributed by atoms with Crippen molar-refractivity contribution in [2.45, 2.75) is 30.5 Å². The van der Waals surface area contributed by atoms with Gasteiger partial charge < -0.3 is 4.74 Å². The van der Waals surface area contributed by atoms with Crippen LogP contribution in [0, 0.1) is 18.3 Å². The van der Waals surface area contributed by atoms with Crippen molar-refractivity contribution < 1.29 is 14.3 Å². The van der Waals surface area contributed by atoms with Gasteiger partial charge in [0.2, 0.25) is 11.8 Å². The molecule has 0 radical (unpaired) electrons. The van der Waals surface area contributed by atoms with Crippen LogP contribution in [0.5, 0.6) is 5.75 Å². The first-order valence-corrected chi connectivity index (χ1v) is 11.1. The number of hydrogen-bond donors (Lipinski definition) is 0. The zero-order valence-corrected chi connectivity index (χ0v) is 18.6. The Kier molecular flexibility index (Phi) is 6.24. The summed E-state index contributed by atoms with van der Waals surface area (Å²) in [7, 11) is 0. The second-order valence-electron chi connectivity index (χ2n) is 7.33.